The minimum atomic E-state index is -3.46. The number of benzene rings is 2. The first-order valence-corrected chi connectivity index (χ1v) is 12.1. The summed E-state index contributed by atoms with van der Waals surface area (Å²) in [5.41, 5.74) is 0.780. The van der Waals surface area contributed by atoms with Gasteiger partial charge in [-0.2, -0.15) is 0 Å². The molecule has 0 unspecified atom stereocenters. The third-order valence-corrected chi connectivity index (χ3v) is 7.30. The molecule has 1 saturated heterocycles. The van der Waals surface area contributed by atoms with E-state index < -0.39 is 27.7 Å². The van der Waals surface area contributed by atoms with Crippen LogP contribution in [0.5, 0.6) is 0 Å². The summed E-state index contributed by atoms with van der Waals surface area (Å²) in [5.74, 6) is -3.74. The largest absolute Gasteiger partial charge is 0.350 e. The van der Waals surface area contributed by atoms with E-state index in [2.05, 4.69) is 5.32 Å². The zero-order chi connectivity index (χ0) is 23.5. The van der Waals surface area contributed by atoms with Gasteiger partial charge in [0.2, 0.25) is 5.91 Å². The fraction of sp³-hybridized carbons (Fsp3) is 0.391. The average molecular weight is 465 g/mol. The molecule has 0 aliphatic carbocycles. The van der Waals surface area contributed by atoms with E-state index in [-0.39, 0.29) is 34.2 Å². The van der Waals surface area contributed by atoms with Crippen LogP contribution >= 0.6 is 0 Å². The molecule has 0 bridgehead atoms. The number of carbonyl (C=O) groups is 2. The highest BCUT2D eigenvalue weighted by atomic mass is 32.2. The molecule has 1 aliphatic rings. The molecule has 1 atom stereocenters. The lowest BCUT2D eigenvalue weighted by Gasteiger charge is -2.24. The molecule has 2 aromatic rings. The van der Waals surface area contributed by atoms with E-state index in [1.54, 1.807) is 0 Å². The van der Waals surface area contributed by atoms with Crippen molar-refractivity contribution in [2.75, 3.05) is 12.3 Å². The van der Waals surface area contributed by atoms with Crippen LogP contribution < -0.4 is 5.32 Å². The molecule has 3 rings (SSSR count). The van der Waals surface area contributed by atoms with Crippen molar-refractivity contribution in [1.82, 2.24) is 10.2 Å². The Hall–Kier alpha value is -2.81. The fourth-order valence-corrected chi connectivity index (χ4v) is 4.59. The molecule has 6 nitrogen and oxygen atoms in total. The van der Waals surface area contributed by atoms with E-state index in [0.717, 1.165) is 6.92 Å². The second kappa shape index (κ2) is 9.36. The SMILES string of the molecule is CCS(=O)(=O)c1cccc(C(=O)N2CCC[C@@H]2C(=O)NCc2ccc(C(C)(F)F)cc2)c1. The fourth-order valence-electron chi connectivity index (χ4n) is 3.66. The van der Waals surface area contributed by atoms with Gasteiger partial charge < -0.3 is 10.2 Å². The monoisotopic (exact) mass is 464 g/mol. The number of hydrogen-bond acceptors (Lipinski definition) is 4. The lowest BCUT2D eigenvalue weighted by molar-refractivity contribution is -0.125. The lowest BCUT2D eigenvalue weighted by atomic mass is 10.1. The summed E-state index contributed by atoms with van der Waals surface area (Å²) in [7, 11) is -3.46. The van der Waals surface area contributed by atoms with E-state index in [1.807, 2.05) is 0 Å². The third kappa shape index (κ3) is 5.32. The second-order valence-electron chi connectivity index (χ2n) is 7.89. The van der Waals surface area contributed by atoms with Crippen molar-refractivity contribution in [2.45, 2.75) is 50.1 Å². The molecule has 2 aromatic carbocycles. The summed E-state index contributed by atoms with van der Waals surface area (Å²) in [4.78, 5) is 27.3. The predicted molar refractivity (Wildman–Crippen MR) is 116 cm³/mol. The van der Waals surface area contributed by atoms with E-state index in [9.17, 15) is 26.8 Å². The number of sulfone groups is 1. The van der Waals surface area contributed by atoms with Crippen LogP contribution in [0.25, 0.3) is 0 Å². The van der Waals surface area contributed by atoms with Gasteiger partial charge in [0, 0.05) is 31.1 Å². The molecule has 32 heavy (non-hydrogen) atoms. The maximum absolute atomic E-state index is 13.3. The number of rotatable bonds is 7. The average Bonchev–Trinajstić information content (AvgIpc) is 3.26. The predicted octanol–water partition coefficient (Wildman–Crippen LogP) is 3.51. The van der Waals surface area contributed by atoms with Crippen molar-refractivity contribution < 1.29 is 26.8 Å². The van der Waals surface area contributed by atoms with E-state index in [0.29, 0.717) is 24.9 Å². The molecule has 9 heteroatoms. The minimum absolute atomic E-state index is 0.0731. The molecule has 0 spiro atoms. The quantitative estimate of drug-likeness (QED) is 0.680. The molecule has 1 fully saturated rings. The van der Waals surface area contributed by atoms with Gasteiger partial charge in [-0.15, -0.1) is 0 Å². The van der Waals surface area contributed by atoms with Gasteiger partial charge in [0.25, 0.3) is 11.8 Å². The molecule has 1 N–H and O–H groups in total. The summed E-state index contributed by atoms with van der Waals surface area (Å²) in [6, 6.07) is 10.9. The highest BCUT2D eigenvalue weighted by molar-refractivity contribution is 7.91. The first-order valence-electron chi connectivity index (χ1n) is 10.4. The van der Waals surface area contributed by atoms with Gasteiger partial charge in [0.05, 0.1) is 10.6 Å². The van der Waals surface area contributed by atoms with Crippen molar-refractivity contribution in [3.63, 3.8) is 0 Å². The number of carbonyl (C=O) groups excluding carboxylic acids is 2. The van der Waals surface area contributed by atoms with Crippen LogP contribution in [-0.4, -0.2) is 43.5 Å². The molecule has 0 aromatic heterocycles. The van der Waals surface area contributed by atoms with Crippen LogP contribution in [0.1, 0.15) is 48.2 Å². The number of alkyl halides is 2. The molecular weight excluding hydrogens is 438 g/mol. The Bertz CT molecular complexity index is 1100. The van der Waals surface area contributed by atoms with Crippen LogP contribution in [0, 0.1) is 0 Å². The summed E-state index contributed by atoms with van der Waals surface area (Å²) in [5, 5.41) is 2.76. The molecular formula is C23H26F2N2O4S. The normalized spacial score (nSPS) is 16.8. The molecule has 0 radical (unpaired) electrons. The molecule has 172 valence electrons. The molecule has 1 aliphatic heterocycles. The van der Waals surface area contributed by atoms with Crippen molar-refractivity contribution in [1.29, 1.82) is 0 Å². The Morgan fingerprint density at radius 2 is 1.84 bits per heavy atom. The number of hydrogen-bond donors (Lipinski definition) is 1. The smallest absolute Gasteiger partial charge is 0.270 e. The van der Waals surface area contributed by atoms with Crippen molar-refractivity contribution >= 4 is 21.7 Å². The van der Waals surface area contributed by atoms with Crippen LogP contribution in [0.2, 0.25) is 0 Å². The number of nitrogens with one attached hydrogen (secondary N) is 1. The maximum atomic E-state index is 13.3. The van der Waals surface area contributed by atoms with Gasteiger partial charge in [0.15, 0.2) is 9.84 Å². The number of likely N-dealkylation sites (tertiary alicyclic amines) is 1. The highest BCUT2D eigenvalue weighted by Gasteiger charge is 2.34. The third-order valence-electron chi connectivity index (χ3n) is 5.56. The van der Waals surface area contributed by atoms with Gasteiger partial charge in [0.1, 0.15) is 6.04 Å². The van der Waals surface area contributed by atoms with Gasteiger partial charge in [-0.1, -0.05) is 37.3 Å². The van der Waals surface area contributed by atoms with Crippen molar-refractivity contribution in [3.05, 3.63) is 65.2 Å². The van der Waals surface area contributed by atoms with Crippen LogP contribution in [0.4, 0.5) is 8.78 Å². The number of amides is 2. The Kier molecular flexibility index (Phi) is 6.97. The molecule has 0 saturated carbocycles. The molecule has 2 amide bonds. The second-order valence-corrected chi connectivity index (χ2v) is 10.2. The van der Waals surface area contributed by atoms with Crippen LogP contribution in [-0.2, 0) is 27.1 Å². The number of nitrogens with zero attached hydrogens (tertiary/aromatic N) is 1. The van der Waals surface area contributed by atoms with Gasteiger partial charge in [-0.05, 0) is 36.6 Å². The van der Waals surface area contributed by atoms with E-state index >= 15 is 0 Å². The number of halogens is 2. The minimum Gasteiger partial charge on any atom is -0.350 e. The zero-order valence-electron chi connectivity index (χ0n) is 18.0. The Morgan fingerprint density at radius 3 is 2.47 bits per heavy atom. The topological polar surface area (TPSA) is 83.6 Å². The Labute approximate surface area is 186 Å². The van der Waals surface area contributed by atoms with Gasteiger partial charge in [-0.25, -0.2) is 17.2 Å². The summed E-state index contributed by atoms with van der Waals surface area (Å²) in [6.45, 7) is 2.90. The lowest BCUT2D eigenvalue weighted by Crippen LogP contribution is -2.45. The van der Waals surface area contributed by atoms with Gasteiger partial charge in [-0.3, -0.25) is 9.59 Å². The Balaban J connectivity index is 1.68. The summed E-state index contributed by atoms with van der Waals surface area (Å²) < 4.78 is 50.9. The van der Waals surface area contributed by atoms with Gasteiger partial charge >= 0.3 is 0 Å². The first-order chi connectivity index (χ1) is 15.0. The summed E-state index contributed by atoms with van der Waals surface area (Å²) in [6.07, 6.45) is 1.14. The highest BCUT2D eigenvalue weighted by Crippen LogP contribution is 2.27. The summed E-state index contributed by atoms with van der Waals surface area (Å²) >= 11 is 0. The zero-order valence-corrected chi connectivity index (χ0v) is 18.8. The van der Waals surface area contributed by atoms with E-state index in [1.165, 1.54) is 60.4 Å². The maximum Gasteiger partial charge on any atom is 0.270 e. The first kappa shape index (κ1) is 23.8. The van der Waals surface area contributed by atoms with Crippen LogP contribution in [0.15, 0.2) is 53.4 Å². The Morgan fingerprint density at radius 1 is 1.16 bits per heavy atom. The van der Waals surface area contributed by atoms with Crippen LogP contribution in [0.3, 0.4) is 0 Å². The van der Waals surface area contributed by atoms with Crippen molar-refractivity contribution in [3.8, 4) is 0 Å². The molecule has 1 heterocycles. The standard InChI is InChI=1S/C23H26F2N2O4S/c1-3-32(30,31)19-7-4-6-17(14-19)22(29)27-13-5-8-20(27)21(28)26-15-16-9-11-18(12-10-16)23(2,24)25/h4,6-7,9-12,14,20H,3,5,8,13,15H2,1-2H3,(H,26,28)/t20-/m1/s1. The van der Waals surface area contributed by atoms with E-state index in [4.69, 9.17) is 0 Å². The van der Waals surface area contributed by atoms with Crippen molar-refractivity contribution in [2.24, 2.45) is 0 Å².